The van der Waals surface area contributed by atoms with Gasteiger partial charge in [-0.3, -0.25) is 9.59 Å². The van der Waals surface area contributed by atoms with Gasteiger partial charge in [-0.05, 0) is 43.5 Å². The SMILES string of the molecule is Cc1cc(N)ccc1C(=O)NCCC(=O)NC1CC1. The van der Waals surface area contributed by atoms with E-state index in [0.717, 1.165) is 18.4 Å². The van der Waals surface area contributed by atoms with Crippen LogP contribution < -0.4 is 16.4 Å². The molecule has 5 heteroatoms. The van der Waals surface area contributed by atoms with E-state index in [1.54, 1.807) is 18.2 Å². The van der Waals surface area contributed by atoms with Gasteiger partial charge in [0.25, 0.3) is 5.91 Å². The number of hydrogen-bond donors (Lipinski definition) is 3. The van der Waals surface area contributed by atoms with Crippen LogP contribution in [-0.2, 0) is 4.79 Å². The van der Waals surface area contributed by atoms with Gasteiger partial charge in [-0.15, -0.1) is 0 Å². The number of benzene rings is 1. The summed E-state index contributed by atoms with van der Waals surface area (Å²) >= 11 is 0. The summed E-state index contributed by atoms with van der Waals surface area (Å²) in [6.45, 7) is 2.19. The van der Waals surface area contributed by atoms with Crippen LogP contribution in [0.2, 0.25) is 0 Å². The molecule has 0 aliphatic heterocycles. The molecule has 0 radical (unpaired) electrons. The van der Waals surface area contributed by atoms with Crippen molar-refractivity contribution in [3.8, 4) is 0 Å². The minimum atomic E-state index is -0.170. The number of anilines is 1. The molecule has 2 amide bonds. The fourth-order valence-corrected chi connectivity index (χ4v) is 1.85. The maximum atomic E-state index is 11.9. The molecule has 1 saturated carbocycles. The lowest BCUT2D eigenvalue weighted by atomic mass is 10.1. The lowest BCUT2D eigenvalue weighted by molar-refractivity contribution is -0.121. The Kier molecular flexibility index (Phi) is 4.04. The number of rotatable bonds is 5. The third kappa shape index (κ3) is 3.98. The third-order valence-corrected chi connectivity index (χ3v) is 3.08. The zero-order valence-electron chi connectivity index (χ0n) is 11.0. The summed E-state index contributed by atoms with van der Waals surface area (Å²) in [5, 5.41) is 5.62. The highest BCUT2D eigenvalue weighted by molar-refractivity contribution is 5.96. The van der Waals surface area contributed by atoms with Crippen molar-refractivity contribution in [3.63, 3.8) is 0 Å². The van der Waals surface area contributed by atoms with Gasteiger partial charge in [0.1, 0.15) is 0 Å². The van der Waals surface area contributed by atoms with E-state index in [9.17, 15) is 9.59 Å². The van der Waals surface area contributed by atoms with E-state index in [1.807, 2.05) is 6.92 Å². The highest BCUT2D eigenvalue weighted by atomic mass is 16.2. The quantitative estimate of drug-likeness (QED) is 0.691. The Morgan fingerprint density at radius 1 is 1.37 bits per heavy atom. The molecule has 19 heavy (non-hydrogen) atoms. The Morgan fingerprint density at radius 2 is 2.11 bits per heavy atom. The lowest BCUT2D eigenvalue weighted by Crippen LogP contribution is -2.31. The number of hydrogen-bond acceptors (Lipinski definition) is 3. The van der Waals surface area contributed by atoms with E-state index in [2.05, 4.69) is 10.6 Å². The predicted molar refractivity (Wildman–Crippen MR) is 73.7 cm³/mol. The van der Waals surface area contributed by atoms with Crippen LogP contribution in [0.3, 0.4) is 0 Å². The molecule has 1 aliphatic carbocycles. The van der Waals surface area contributed by atoms with Crippen molar-refractivity contribution in [2.75, 3.05) is 12.3 Å². The second-order valence-electron chi connectivity index (χ2n) is 4.92. The molecule has 1 fully saturated rings. The molecular formula is C14H19N3O2. The molecule has 0 atom stereocenters. The first-order valence-electron chi connectivity index (χ1n) is 6.50. The average Bonchev–Trinajstić information content (AvgIpc) is 3.12. The van der Waals surface area contributed by atoms with Crippen LogP contribution in [0.4, 0.5) is 5.69 Å². The van der Waals surface area contributed by atoms with Gasteiger partial charge in [0, 0.05) is 30.3 Å². The number of aryl methyl sites for hydroxylation is 1. The van der Waals surface area contributed by atoms with Crippen molar-refractivity contribution in [2.24, 2.45) is 0 Å². The number of carbonyl (C=O) groups excluding carboxylic acids is 2. The van der Waals surface area contributed by atoms with Gasteiger partial charge in [0.05, 0.1) is 0 Å². The van der Waals surface area contributed by atoms with Crippen LogP contribution in [0, 0.1) is 6.92 Å². The molecule has 4 N–H and O–H groups in total. The smallest absolute Gasteiger partial charge is 0.251 e. The molecule has 0 heterocycles. The summed E-state index contributed by atoms with van der Waals surface area (Å²) in [7, 11) is 0. The van der Waals surface area contributed by atoms with Crippen molar-refractivity contribution >= 4 is 17.5 Å². The molecular weight excluding hydrogens is 242 g/mol. The van der Waals surface area contributed by atoms with Gasteiger partial charge >= 0.3 is 0 Å². The Bertz CT molecular complexity index is 495. The predicted octanol–water partition coefficient (Wildman–Crippen LogP) is 0.976. The van der Waals surface area contributed by atoms with E-state index < -0.39 is 0 Å². The van der Waals surface area contributed by atoms with Gasteiger partial charge in [0.2, 0.25) is 5.91 Å². The summed E-state index contributed by atoms with van der Waals surface area (Å²) in [4.78, 5) is 23.4. The van der Waals surface area contributed by atoms with Gasteiger partial charge in [0.15, 0.2) is 0 Å². The molecule has 0 spiro atoms. The first kappa shape index (κ1) is 13.4. The Balaban J connectivity index is 1.78. The lowest BCUT2D eigenvalue weighted by Gasteiger charge is -2.08. The highest BCUT2D eigenvalue weighted by Gasteiger charge is 2.22. The summed E-state index contributed by atoms with van der Waals surface area (Å²) in [5.41, 5.74) is 7.70. The molecule has 1 aromatic carbocycles. The molecule has 0 aromatic heterocycles. The highest BCUT2D eigenvalue weighted by Crippen LogP contribution is 2.18. The van der Waals surface area contributed by atoms with E-state index in [-0.39, 0.29) is 11.8 Å². The molecule has 102 valence electrons. The first-order chi connectivity index (χ1) is 9.06. The fraction of sp³-hybridized carbons (Fsp3) is 0.429. The number of nitrogen functional groups attached to an aromatic ring is 1. The van der Waals surface area contributed by atoms with Gasteiger partial charge in [-0.1, -0.05) is 0 Å². The largest absolute Gasteiger partial charge is 0.399 e. The standard InChI is InChI=1S/C14H19N3O2/c1-9-8-10(15)2-5-12(9)14(19)16-7-6-13(18)17-11-3-4-11/h2,5,8,11H,3-4,6-7,15H2,1H3,(H,16,19)(H,17,18). The van der Waals surface area contributed by atoms with Crippen molar-refractivity contribution in [3.05, 3.63) is 29.3 Å². The fourth-order valence-electron chi connectivity index (χ4n) is 1.85. The maximum absolute atomic E-state index is 11.9. The van der Waals surface area contributed by atoms with Gasteiger partial charge < -0.3 is 16.4 Å². The van der Waals surface area contributed by atoms with Crippen molar-refractivity contribution in [1.82, 2.24) is 10.6 Å². The first-order valence-corrected chi connectivity index (χ1v) is 6.50. The maximum Gasteiger partial charge on any atom is 0.251 e. The number of carbonyl (C=O) groups is 2. The minimum absolute atomic E-state index is 0.00294. The average molecular weight is 261 g/mol. The van der Waals surface area contributed by atoms with Crippen LogP contribution in [0.1, 0.15) is 35.2 Å². The van der Waals surface area contributed by atoms with Crippen LogP contribution in [-0.4, -0.2) is 24.4 Å². The number of amides is 2. The normalized spacial score (nSPS) is 13.9. The van der Waals surface area contributed by atoms with Crippen molar-refractivity contribution in [2.45, 2.75) is 32.2 Å². The summed E-state index contributed by atoms with van der Waals surface area (Å²) in [6.07, 6.45) is 2.46. The molecule has 0 unspecified atom stereocenters. The van der Waals surface area contributed by atoms with E-state index in [4.69, 9.17) is 5.73 Å². The molecule has 1 aliphatic rings. The molecule has 0 bridgehead atoms. The van der Waals surface area contributed by atoms with Crippen LogP contribution in [0.5, 0.6) is 0 Å². The second kappa shape index (κ2) is 5.73. The van der Waals surface area contributed by atoms with Crippen molar-refractivity contribution < 1.29 is 9.59 Å². The monoisotopic (exact) mass is 261 g/mol. The van der Waals surface area contributed by atoms with Gasteiger partial charge in [-0.2, -0.15) is 0 Å². The van der Waals surface area contributed by atoms with Crippen molar-refractivity contribution in [1.29, 1.82) is 0 Å². The Morgan fingerprint density at radius 3 is 2.74 bits per heavy atom. The molecule has 2 rings (SSSR count). The number of nitrogens with two attached hydrogens (primary N) is 1. The third-order valence-electron chi connectivity index (χ3n) is 3.08. The second-order valence-corrected chi connectivity index (χ2v) is 4.92. The summed E-state index contributed by atoms with van der Waals surface area (Å²) in [5.74, 6) is -0.173. The van der Waals surface area contributed by atoms with E-state index in [1.165, 1.54) is 0 Å². The summed E-state index contributed by atoms with van der Waals surface area (Å²) < 4.78 is 0. The topological polar surface area (TPSA) is 84.2 Å². The van der Waals surface area contributed by atoms with Crippen LogP contribution in [0.25, 0.3) is 0 Å². The zero-order chi connectivity index (χ0) is 13.8. The van der Waals surface area contributed by atoms with Crippen LogP contribution in [0.15, 0.2) is 18.2 Å². The van der Waals surface area contributed by atoms with E-state index in [0.29, 0.717) is 30.3 Å². The number of nitrogens with one attached hydrogen (secondary N) is 2. The summed E-state index contributed by atoms with van der Waals surface area (Å²) in [6, 6.07) is 5.52. The molecule has 0 saturated heterocycles. The van der Waals surface area contributed by atoms with Gasteiger partial charge in [-0.25, -0.2) is 0 Å². The Labute approximate surface area is 112 Å². The zero-order valence-corrected chi connectivity index (χ0v) is 11.0. The van der Waals surface area contributed by atoms with Crippen LogP contribution >= 0.6 is 0 Å². The van der Waals surface area contributed by atoms with E-state index >= 15 is 0 Å². The molecule has 1 aromatic rings. The Hall–Kier alpha value is -2.04. The minimum Gasteiger partial charge on any atom is -0.399 e. The molecule has 5 nitrogen and oxygen atoms in total.